The minimum atomic E-state index is -4.89. The summed E-state index contributed by atoms with van der Waals surface area (Å²) < 4.78 is 47.6. The molecule has 360 valence electrons. The quantitative estimate of drug-likeness (QED) is 0.0112. The first-order valence-electron chi connectivity index (χ1n) is 23.1. The van der Waals surface area contributed by atoms with Gasteiger partial charge in [0.2, 0.25) is 0 Å². The lowest BCUT2D eigenvalue weighted by Crippen LogP contribution is -2.30. The fourth-order valence-corrected chi connectivity index (χ4v) is 7.23. The van der Waals surface area contributed by atoms with E-state index < -0.39 is 66.2 Å². The highest BCUT2D eigenvalue weighted by Gasteiger charge is 2.28. The second-order valence-corrected chi connectivity index (χ2v) is 18.9. The van der Waals surface area contributed by atoms with Crippen LogP contribution >= 0.6 is 15.6 Å². The molecule has 1 unspecified atom stereocenters. The smallest absolute Gasteiger partial charge is 0.462 e. The Kier molecular flexibility index (Phi) is 38.8. The van der Waals surface area contributed by atoms with Gasteiger partial charge in [0.1, 0.15) is 12.7 Å². The molecule has 0 bridgehead atoms. The first-order chi connectivity index (χ1) is 29.6. The van der Waals surface area contributed by atoms with Gasteiger partial charge >= 0.3 is 27.6 Å². The van der Waals surface area contributed by atoms with Gasteiger partial charge in [0.15, 0.2) is 11.9 Å². The summed E-state index contributed by atoms with van der Waals surface area (Å²) in [5.41, 5.74) is 0. The van der Waals surface area contributed by atoms with E-state index in [0.717, 1.165) is 50.9 Å². The average molecular weight is 921 g/mol. The van der Waals surface area contributed by atoms with Crippen LogP contribution in [0.25, 0.3) is 0 Å². The van der Waals surface area contributed by atoms with E-state index >= 15 is 0 Å². The van der Waals surface area contributed by atoms with Crippen molar-refractivity contribution in [1.82, 2.24) is 0 Å². The minimum Gasteiger partial charge on any atom is -0.462 e. The maximum absolute atomic E-state index is 12.7. The summed E-state index contributed by atoms with van der Waals surface area (Å²) in [7, 11) is -9.75. The van der Waals surface area contributed by atoms with Crippen LogP contribution in [0.15, 0.2) is 48.6 Å². The number of unbranched alkanes of at least 4 members (excludes halogenated alkanes) is 16. The van der Waals surface area contributed by atoms with Crippen LogP contribution in [0.4, 0.5) is 0 Å². The summed E-state index contributed by atoms with van der Waals surface area (Å²) in [4.78, 5) is 65.0. The van der Waals surface area contributed by atoms with Gasteiger partial charge in [0.05, 0.1) is 19.8 Å². The number of aliphatic hydroxyl groups excluding tert-OH is 1. The lowest BCUT2D eigenvalue weighted by Gasteiger charge is -2.20. The average Bonchev–Trinajstić information content (AvgIpc) is 3.21. The normalized spacial score (nSPS) is 14.4. The number of aliphatic hydroxyl groups is 1. The number of ketones is 1. The molecular weight excluding hydrogens is 838 g/mol. The second-order valence-electron chi connectivity index (χ2n) is 16.2. The van der Waals surface area contributed by atoms with E-state index in [1.807, 2.05) is 6.08 Å². The second kappa shape index (κ2) is 40.3. The third-order valence-corrected chi connectivity index (χ3v) is 11.1. The van der Waals surface area contributed by atoms with Gasteiger partial charge in [-0.05, 0) is 50.5 Å². The van der Waals surface area contributed by atoms with Crippen LogP contribution in [0.3, 0.4) is 0 Å². The number of carbonyl (C=O) groups excluding carboxylic acids is 3. The molecule has 0 fully saturated rings. The van der Waals surface area contributed by atoms with Gasteiger partial charge in [-0.1, -0.05) is 166 Å². The number of hydrogen-bond acceptors (Lipinski definition) is 11. The number of esters is 2. The SMILES string of the molecule is CCCCC/C=C\C/C=C\C/C=C\C=C\C(=O)CCCC(=O)OC[C@H](COP(=O)(O)OC[C@@H](O)COP(=O)(O)O)OC(=O)CCCCCCCCCCCCCCCCC(C)C. The van der Waals surface area contributed by atoms with Crippen molar-refractivity contribution in [2.75, 3.05) is 26.4 Å². The molecule has 4 N–H and O–H groups in total. The Labute approximate surface area is 373 Å². The fraction of sp³-hybridized carbons (Fsp3) is 0.761. The third-order valence-electron chi connectivity index (χ3n) is 9.61. The van der Waals surface area contributed by atoms with Crippen molar-refractivity contribution in [3.63, 3.8) is 0 Å². The molecule has 0 radical (unpaired) electrons. The zero-order valence-electron chi connectivity index (χ0n) is 38.1. The van der Waals surface area contributed by atoms with Crippen molar-refractivity contribution in [1.29, 1.82) is 0 Å². The molecule has 0 aliphatic rings. The summed E-state index contributed by atoms with van der Waals surface area (Å²) >= 11 is 0. The fourth-order valence-electron chi connectivity index (χ4n) is 6.07. The van der Waals surface area contributed by atoms with Crippen molar-refractivity contribution in [3.8, 4) is 0 Å². The Morgan fingerprint density at radius 1 is 0.565 bits per heavy atom. The molecule has 0 heterocycles. The van der Waals surface area contributed by atoms with E-state index in [1.165, 1.54) is 89.5 Å². The topological polar surface area (TPSA) is 212 Å². The first-order valence-corrected chi connectivity index (χ1v) is 26.2. The third kappa shape index (κ3) is 44.4. The molecule has 0 saturated carbocycles. The number of phosphoric acid groups is 2. The number of phosphoric ester groups is 2. The minimum absolute atomic E-state index is 0.0827. The molecule has 0 saturated heterocycles. The Bertz CT molecular complexity index is 1360. The summed E-state index contributed by atoms with van der Waals surface area (Å²) in [6.45, 7) is 3.80. The first kappa shape index (κ1) is 59.8. The highest BCUT2D eigenvalue weighted by atomic mass is 31.2. The van der Waals surface area contributed by atoms with Gasteiger partial charge in [-0.3, -0.25) is 28.0 Å². The van der Waals surface area contributed by atoms with Crippen molar-refractivity contribution >= 4 is 33.4 Å². The predicted molar refractivity (Wildman–Crippen MR) is 244 cm³/mol. The summed E-state index contributed by atoms with van der Waals surface area (Å²) in [6.07, 6.45) is 36.8. The summed E-state index contributed by atoms with van der Waals surface area (Å²) in [5, 5.41) is 9.75. The van der Waals surface area contributed by atoms with Crippen LogP contribution < -0.4 is 0 Å². The van der Waals surface area contributed by atoms with E-state index in [9.17, 15) is 33.5 Å². The Hall–Kier alpha value is -2.25. The molecule has 0 aromatic rings. The number of carbonyl (C=O) groups is 3. The van der Waals surface area contributed by atoms with E-state index in [2.05, 4.69) is 54.1 Å². The molecule has 0 aromatic heterocycles. The summed E-state index contributed by atoms with van der Waals surface area (Å²) in [5.74, 6) is -0.644. The number of rotatable bonds is 43. The van der Waals surface area contributed by atoms with E-state index in [0.29, 0.717) is 6.42 Å². The molecule has 0 spiro atoms. The van der Waals surface area contributed by atoms with Crippen LogP contribution in [0.5, 0.6) is 0 Å². The molecule has 0 aliphatic carbocycles. The number of allylic oxidation sites excluding steroid dienone is 8. The van der Waals surface area contributed by atoms with E-state index in [4.69, 9.17) is 23.8 Å². The van der Waals surface area contributed by atoms with Gasteiger partial charge < -0.3 is 29.3 Å². The van der Waals surface area contributed by atoms with Crippen molar-refractivity contribution in [2.24, 2.45) is 5.92 Å². The Balaban J connectivity index is 4.65. The zero-order valence-corrected chi connectivity index (χ0v) is 39.9. The molecule has 0 aromatic carbocycles. The Morgan fingerprint density at radius 2 is 1.10 bits per heavy atom. The van der Waals surface area contributed by atoms with Gasteiger partial charge in [0.25, 0.3) is 0 Å². The van der Waals surface area contributed by atoms with Gasteiger partial charge in [-0.2, -0.15) is 0 Å². The maximum atomic E-state index is 12.7. The molecule has 14 nitrogen and oxygen atoms in total. The highest BCUT2D eigenvalue weighted by molar-refractivity contribution is 7.47. The molecule has 0 amide bonds. The van der Waals surface area contributed by atoms with E-state index in [1.54, 1.807) is 12.2 Å². The van der Waals surface area contributed by atoms with Crippen molar-refractivity contribution in [3.05, 3.63) is 48.6 Å². The zero-order chi connectivity index (χ0) is 46.2. The molecule has 3 atom stereocenters. The highest BCUT2D eigenvalue weighted by Crippen LogP contribution is 2.43. The lowest BCUT2D eigenvalue weighted by atomic mass is 10.0. The summed E-state index contributed by atoms with van der Waals surface area (Å²) in [6, 6.07) is 0. The lowest BCUT2D eigenvalue weighted by molar-refractivity contribution is -0.161. The monoisotopic (exact) mass is 921 g/mol. The molecule has 62 heavy (non-hydrogen) atoms. The number of ether oxygens (including phenoxy) is 2. The largest absolute Gasteiger partial charge is 0.472 e. The Morgan fingerprint density at radius 3 is 1.69 bits per heavy atom. The number of hydrogen-bond donors (Lipinski definition) is 4. The molecule has 0 aliphatic heterocycles. The van der Waals surface area contributed by atoms with Gasteiger partial charge in [-0.25, -0.2) is 9.13 Å². The van der Waals surface area contributed by atoms with Gasteiger partial charge in [-0.15, -0.1) is 0 Å². The van der Waals surface area contributed by atoms with Crippen molar-refractivity contribution in [2.45, 2.75) is 193 Å². The van der Waals surface area contributed by atoms with Crippen molar-refractivity contribution < 1.29 is 66.3 Å². The molecule has 0 rings (SSSR count). The van der Waals surface area contributed by atoms with Crippen LogP contribution in [0.1, 0.15) is 181 Å². The predicted octanol–water partition coefficient (Wildman–Crippen LogP) is 11.3. The molecule has 16 heteroatoms. The van der Waals surface area contributed by atoms with Crippen LogP contribution in [-0.4, -0.2) is 76.1 Å². The maximum Gasteiger partial charge on any atom is 0.472 e. The standard InChI is InChI=1S/C46H82O14P2/c1-4-5-6-7-8-9-10-13-17-20-23-26-29-33-42(47)34-31-36-45(49)56-39-44(40-59-62(54,55)58-38-43(48)37-57-61(51,52)53)60-46(50)35-30-27-24-21-18-15-12-11-14-16-19-22-25-28-32-41(2)3/h8-9,13,17,23,26,29,33,41,43-44,48H,4-7,10-12,14-16,18-22,24-25,27-28,30-32,34-40H2,1-3H3,(H,54,55)(H2,51,52,53)/b9-8-,17-13-,26-23-,33-29+/t43-,44+/m0/s1. The van der Waals surface area contributed by atoms with Crippen LogP contribution in [-0.2, 0) is 46.6 Å². The molecular formula is C46H82O14P2. The van der Waals surface area contributed by atoms with Gasteiger partial charge in [0, 0.05) is 19.3 Å². The van der Waals surface area contributed by atoms with Crippen LogP contribution in [0.2, 0.25) is 0 Å². The van der Waals surface area contributed by atoms with Crippen LogP contribution in [0, 0.1) is 5.92 Å². The van der Waals surface area contributed by atoms with E-state index in [-0.39, 0.29) is 31.5 Å².